The Kier molecular flexibility index (Phi) is 9.03. The van der Waals surface area contributed by atoms with E-state index < -0.39 is 28.1 Å². The number of alkyl carbamates (subject to hydrolysis) is 1. The fourth-order valence-electron chi connectivity index (χ4n) is 1.27. The third-order valence-corrected chi connectivity index (χ3v) is 2.88. The van der Waals surface area contributed by atoms with Crippen molar-refractivity contribution in [2.24, 2.45) is 0 Å². The van der Waals surface area contributed by atoms with E-state index in [0.29, 0.717) is 0 Å². The predicted molar refractivity (Wildman–Crippen MR) is 65.2 cm³/mol. The van der Waals surface area contributed by atoms with Crippen LogP contribution in [0.5, 0.6) is 0 Å². The number of aliphatic hydroxyl groups excluding tert-OH is 1. The van der Waals surface area contributed by atoms with Crippen molar-refractivity contribution in [2.45, 2.75) is 12.7 Å². The average molecular weight is 311 g/mol. The largest absolute Gasteiger partial charge is 1.00 e. The minimum absolute atomic E-state index is 0. The summed E-state index contributed by atoms with van der Waals surface area (Å²) in [6, 6.07) is 8.94. The number of aliphatic hydroxyl groups is 1. The van der Waals surface area contributed by atoms with Crippen molar-refractivity contribution < 1.29 is 57.2 Å². The zero-order chi connectivity index (χ0) is 14.3. The molecule has 1 rings (SSSR count). The van der Waals surface area contributed by atoms with E-state index >= 15 is 0 Å². The molecule has 0 saturated heterocycles. The molecule has 0 heterocycles. The van der Waals surface area contributed by atoms with Crippen LogP contribution in [0.1, 0.15) is 5.56 Å². The van der Waals surface area contributed by atoms with E-state index in [-0.39, 0.29) is 42.7 Å². The third kappa shape index (κ3) is 9.29. The summed E-state index contributed by atoms with van der Waals surface area (Å²) in [4.78, 5) is 11.2. The molecule has 0 bridgehead atoms. The number of amides is 1. The summed E-state index contributed by atoms with van der Waals surface area (Å²) >= 11 is 0. The molecule has 1 aromatic rings. The Balaban J connectivity index is 0.00000361. The maximum Gasteiger partial charge on any atom is 1.00 e. The van der Waals surface area contributed by atoms with Gasteiger partial charge in [0, 0.05) is 6.54 Å². The molecule has 0 spiro atoms. The van der Waals surface area contributed by atoms with E-state index in [1.165, 1.54) is 0 Å². The van der Waals surface area contributed by atoms with E-state index in [1.54, 1.807) is 24.3 Å². The fraction of sp³-hybridized carbons (Fsp3) is 0.364. The number of hydrogen-bond acceptors (Lipinski definition) is 6. The van der Waals surface area contributed by atoms with Gasteiger partial charge in [-0.2, -0.15) is 0 Å². The van der Waals surface area contributed by atoms with Gasteiger partial charge in [0.1, 0.15) is 6.61 Å². The van der Waals surface area contributed by atoms with Crippen LogP contribution in [0.3, 0.4) is 0 Å². The van der Waals surface area contributed by atoms with E-state index in [9.17, 15) is 17.8 Å². The van der Waals surface area contributed by atoms with Crippen LogP contribution in [0.4, 0.5) is 4.79 Å². The van der Waals surface area contributed by atoms with Gasteiger partial charge in [-0.3, -0.25) is 0 Å². The molecule has 106 valence electrons. The van der Waals surface area contributed by atoms with Gasteiger partial charge in [0.15, 0.2) is 0 Å². The Morgan fingerprint density at radius 1 is 1.35 bits per heavy atom. The molecular weight excluding hydrogens is 297 g/mol. The standard InChI is InChI=1S/C11H15NO6S.Na/c13-10(8-19(15,16)17)6-12-11(14)18-7-9-4-2-1-3-5-9;/h1-5,10,13H,6-8H2,(H,12,14)(H,15,16,17);/q;+1/p-1. The summed E-state index contributed by atoms with van der Waals surface area (Å²) in [5, 5.41) is 11.3. The molecule has 0 saturated carbocycles. The van der Waals surface area contributed by atoms with Crippen molar-refractivity contribution in [1.29, 1.82) is 0 Å². The molecule has 0 aromatic heterocycles. The maximum absolute atomic E-state index is 11.2. The van der Waals surface area contributed by atoms with Crippen molar-refractivity contribution in [3.05, 3.63) is 35.9 Å². The van der Waals surface area contributed by atoms with Crippen molar-refractivity contribution in [3.8, 4) is 0 Å². The van der Waals surface area contributed by atoms with Gasteiger partial charge in [-0.05, 0) is 5.56 Å². The number of ether oxygens (including phenoxy) is 1. The zero-order valence-corrected chi connectivity index (χ0v) is 13.8. The van der Waals surface area contributed by atoms with Crippen LogP contribution in [0, 0.1) is 0 Å². The van der Waals surface area contributed by atoms with Crippen molar-refractivity contribution in [1.82, 2.24) is 5.32 Å². The number of nitrogens with one attached hydrogen (secondary N) is 1. The average Bonchev–Trinajstić information content (AvgIpc) is 2.33. The summed E-state index contributed by atoms with van der Waals surface area (Å²) in [7, 11) is -4.52. The second-order valence-corrected chi connectivity index (χ2v) is 5.27. The summed E-state index contributed by atoms with van der Waals surface area (Å²) in [5.74, 6) is -0.952. The van der Waals surface area contributed by atoms with Gasteiger partial charge in [-0.25, -0.2) is 13.2 Å². The molecule has 0 radical (unpaired) electrons. The first kappa shape index (κ1) is 19.4. The van der Waals surface area contributed by atoms with E-state index in [4.69, 9.17) is 9.84 Å². The molecule has 1 amide bonds. The Labute approximate surface area is 139 Å². The molecule has 0 fully saturated rings. The zero-order valence-electron chi connectivity index (χ0n) is 11.0. The normalized spacial score (nSPS) is 12.1. The van der Waals surface area contributed by atoms with Gasteiger partial charge < -0.3 is 19.7 Å². The first-order valence-electron chi connectivity index (χ1n) is 5.43. The quantitative estimate of drug-likeness (QED) is 0.423. The molecule has 0 aliphatic rings. The Hall–Kier alpha value is -0.640. The molecule has 2 N–H and O–H groups in total. The molecule has 1 aromatic carbocycles. The maximum atomic E-state index is 11.2. The number of carbonyl (C=O) groups is 1. The second kappa shape index (κ2) is 9.32. The van der Waals surface area contributed by atoms with Crippen LogP contribution in [-0.2, 0) is 21.5 Å². The molecule has 1 atom stereocenters. The molecule has 1 unspecified atom stereocenters. The number of benzene rings is 1. The molecule has 0 aliphatic heterocycles. The molecule has 9 heteroatoms. The summed E-state index contributed by atoms with van der Waals surface area (Å²) in [6.45, 7) is -0.308. The van der Waals surface area contributed by atoms with Gasteiger partial charge in [0.25, 0.3) is 0 Å². The molecule has 7 nitrogen and oxygen atoms in total. The van der Waals surface area contributed by atoms with Gasteiger partial charge in [0.05, 0.1) is 22.0 Å². The van der Waals surface area contributed by atoms with Gasteiger partial charge >= 0.3 is 35.7 Å². The topological polar surface area (TPSA) is 116 Å². The Bertz CT molecular complexity index is 507. The molecule has 20 heavy (non-hydrogen) atoms. The second-order valence-electron chi connectivity index (χ2n) is 3.82. The fourth-order valence-corrected chi connectivity index (χ4v) is 1.86. The Morgan fingerprint density at radius 3 is 2.50 bits per heavy atom. The van der Waals surface area contributed by atoms with Crippen LogP contribution in [0.25, 0.3) is 0 Å². The van der Waals surface area contributed by atoms with E-state index in [1.807, 2.05) is 6.07 Å². The first-order chi connectivity index (χ1) is 8.87. The van der Waals surface area contributed by atoms with Crippen molar-refractivity contribution in [3.63, 3.8) is 0 Å². The van der Waals surface area contributed by atoms with Crippen LogP contribution in [-0.4, -0.2) is 42.6 Å². The third-order valence-electron chi connectivity index (χ3n) is 2.09. The number of rotatable bonds is 6. The van der Waals surface area contributed by atoms with Gasteiger partial charge in [-0.1, -0.05) is 30.3 Å². The number of carbonyl (C=O) groups excluding carboxylic acids is 1. The van der Waals surface area contributed by atoms with Gasteiger partial charge in [-0.15, -0.1) is 0 Å². The molecule has 0 aliphatic carbocycles. The van der Waals surface area contributed by atoms with E-state index in [0.717, 1.165) is 5.56 Å². The minimum atomic E-state index is -4.52. The van der Waals surface area contributed by atoms with Crippen LogP contribution >= 0.6 is 0 Å². The van der Waals surface area contributed by atoms with Crippen LogP contribution in [0.15, 0.2) is 30.3 Å². The predicted octanol–water partition coefficient (Wildman–Crippen LogP) is -3.18. The summed E-state index contributed by atoms with van der Waals surface area (Å²) in [6.07, 6.45) is -2.25. The SMILES string of the molecule is O=C(NCC(O)CS(=O)(=O)[O-])OCc1ccccc1.[Na+]. The smallest absolute Gasteiger partial charge is 0.748 e. The van der Waals surface area contributed by atoms with Gasteiger partial charge in [0.2, 0.25) is 0 Å². The summed E-state index contributed by atoms with van der Waals surface area (Å²) < 4.78 is 35.8. The first-order valence-corrected chi connectivity index (χ1v) is 7.01. The van der Waals surface area contributed by atoms with Crippen molar-refractivity contribution >= 4 is 16.2 Å². The number of hydrogen-bond donors (Lipinski definition) is 2. The van der Waals surface area contributed by atoms with E-state index in [2.05, 4.69) is 5.32 Å². The van der Waals surface area contributed by atoms with Crippen LogP contribution < -0.4 is 34.9 Å². The molecular formula is C11H14NNaO6S. The summed E-state index contributed by atoms with van der Waals surface area (Å²) in [5.41, 5.74) is 0.792. The minimum Gasteiger partial charge on any atom is -0.748 e. The van der Waals surface area contributed by atoms with Crippen molar-refractivity contribution in [2.75, 3.05) is 12.3 Å². The van der Waals surface area contributed by atoms with Crippen LogP contribution in [0.2, 0.25) is 0 Å². The Morgan fingerprint density at radius 2 is 1.95 bits per heavy atom. The monoisotopic (exact) mass is 311 g/mol.